The maximum atomic E-state index is 13.6. The van der Waals surface area contributed by atoms with Crippen LogP contribution in [0.15, 0.2) is 47.6 Å². The van der Waals surface area contributed by atoms with Gasteiger partial charge in [0, 0.05) is 0 Å². The number of methoxy groups -OCH3 is 1. The number of carbonyl (C=O) groups is 1. The van der Waals surface area contributed by atoms with Crippen molar-refractivity contribution in [3.05, 3.63) is 59.7 Å². The molecule has 0 saturated carbocycles. The molecule has 0 saturated heterocycles. The largest absolute Gasteiger partial charge is 0.495 e. The van der Waals surface area contributed by atoms with Gasteiger partial charge in [-0.2, -0.15) is 0 Å². The number of halogens is 1. The Morgan fingerprint density at radius 2 is 2.03 bits per heavy atom. The smallest absolute Gasteiger partial charge is 0.234 e. The summed E-state index contributed by atoms with van der Waals surface area (Å²) in [7, 11) is 1.54. The number of ether oxygens (including phenoxy) is 2. The first-order valence-corrected chi connectivity index (χ1v) is 9.60. The molecule has 1 heterocycles. The van der Waals surface area contributed by atoms with E-state index in [2.05, 4.69) is 15.5 Å². The Bertz CT molecular complexity index is 1010. The molecule has 0 spiro atoms. The molecule has 152 valence electrons. The lowest BCUT2D eigenvalue weighted by Gasteiger charge is -2.11. The number of hydrogen-bond acceptors (Lipinski definition) is 7. The predicted octanol–water partition coefficient (Wildman–Crippen LogP) is 2.76. The van der Waals surface area contributed by atoms with Crippen molar-refractivity contribution in [3.8, 4) is 11.5 Å². The normalized spacial score (nSPS) is 10.6. The average Bonchev–Trinajstić information content (AvgIpc) is 3.05. The average molecular weight is 417 g/mol. The number of thioether (sulfide) groups is 1. The second-order valence-electron chi connectivity index (χ2n) is 6.03. The lowest BCUT2D eigenvalue weighted by atomic mass is 10.2. The third-order valence-corrected chi connectivity index (χ3v) is 4.83. The first-order valence-electron chi connectivity index (χ1n) is 8.62. The van der Waals surface area contributed by atoms with E-state index in [9.17, 15) is 9.18 Å². The van der Waals surface area contributed by atoms with Gasteiger partial charge in [0.1, 0.15) is 12.4 Å². The molecule has 2 aromatic carbocycles. The number of carbonyl (C=O) groups excluding carboxylic acids is 1. The molecule has 0 aliphatic heterocycles. The molecule has 29 heavy (non-hydrogen) atoms. The van der Waals surface area contributed by atoms with Gasteiger partial charge in [-0.1, -0.05) is 30.0 Å². The van der Waals surface area contributed by atoms with Crippen molar-refractivity contribution in [2.75, 3.05) is 24.0 Å². The molecule has 0 aliphatic carbocycles. The third kappa shape index (κ3) is 5.17. The van der Waals surface area contributed by atoms with Crippen LogP contribution in [-0.2, 0) is 11.4 Å². The zero-order valence-corrected chi connectivity index (χ0v) is 16.7. The molecule has 0 atom stereocenters. The summed E-state index contributed by atoms with van der Waals surface area (Å²) >= 11 is 1.12. The highest BCUT2D eigenvalue weighted by atomic mass is 32.2. The molecule has 0 radical (unpaired) electrons. The van der Waals surface area contributed by atoms with E-state index in [0.29, 0.717) is 22.4 Å². The highest BCUT2D eigenvalue weighted by molar-refractivity contribution is 7.99. The van der Waals surface area contributed by atoms with Gasteiger partial charge in [-0.3, -0.25) is 4.79 Å². The summed E-state index contributed by atoms with van der Waals surface area (Å²) in [6.07, 6.45) is 0. The number of amides is 1. The van der Waals surface area contributed by atoms with E-state index in [1.165, 1.54) is 23.9 Å². The van der Waals surface area contributed by atoms with Crippen LogP contribution in [0.4, 0.5) is 10.1 Å². The number of para-hydroxylation sites is 1. The highest BCUT2D eigenvalue weighted by Crippen LogP contribution is 2.26. The fourth-order valence-electron chi connectivity index (χ4n) is 2.44. The van der Waals surface area contributed by atoms with Gasteiger partial charge < -0.3 is 20.6 Å². The summed E-state index contributed by atoms with van der Waals surface area (Å²) in [6, 6.07) is 11.5. The molecule has 0 bridgehead atoms. The maximum absolute atomic E-state index is 13.6. The van der Waals surface area contributed by atoms with Crippen LogP contribution in [0.1, 0.15) is 11.4 Å². The van der Waals surface area contributed by atoms with Crippen molar-refractivity contribution in [3.63, 3.8) is 0 Å². The van der Waals surface area contributed by atoms with Crippen molar-refractivity contribution < 1.29 is 18.7 Å². The quantitative estimate of drug-likeness (QED) is 0.429. The number of rotatable bonds is 8. The minimum Gasteiger partial charge on any atom is -0.495 e. The van der Waals surface area contributed by atoms with Crippen molar-refractivity contribution in [1.29, 1.82) is 0 Å². The molecule has 3 N–H and O–H groups in total. The van der Waals surface area contributed by atoms with E-state index < -0.39 is 5.82 Å². The number of aromatic nitrogens is 3. The Balaban J connectivity index is 1.57. The SMILES string of the molecule is COc1ccc(C)cc1NC(=O)CSc1nnc(COc2ccccc2F)n1N. The second-order valence-corrected chi connectivity index (χ2v) is 6.97. The standard InChI is InChI=1S/C19H20FN5O3S/c1-12-7-8-16(27-2)14(9-12)22-18(26)11-29-19-24-23-17(25(19)21)10-28-15-6-4-3-5-13(15)20/h3-9H,10-11,21H2,1-2H3,(H,22,26). The molecule has 3 aromatic rings. The van der Waals surface area contributed by atoms with Gasteiger partial charge in [0.25, 0.3) is 0 Å². The predicted molar refractivity (Wildman–Crippen MR) is 108 cm³/mol. The van der Waals surface area contributed by atoms with Crippen LogP contribution < -0.4 is 20.6 Å². The number of anilines is 1. The summed E-state index contributed by atoms with van der Waals surface area (Å²) in [4.78, 5) is 12.3. The summed E-state index contributed by atoms with van der Waals surface area (Å²) in [5, 5.41) is 11.0. The second kappa shape index (κ2) is 9.28. The zero-order chi connectivity index (χ0) is 20.8. The van der Waals surface area contributed by atoms with Gasteiger partial charge in [-0.05, 0) is 36.8 Å². The number of hydrogen-bond donors (Lipinski definition) is 2. The molecule has 1 aromatic heterocycles. The van der Waals surface area contributed by atoms with E-state index in [-0.39, 0.29) is 24.0 Å². The topological polar surface area (TPSA) is 104 Å². The lowest BCUT2D eigenvalue weighted by molar-refractivity contribution is -0.113. The summed E-state index contributed by atoms with van der Waals surface area (Å²) in [5.41, 5.74) is 1.58. The van der Waals surface area contributed by atoms with Crippen molar-refractivity contribution in [1.82, 2.24) is 14.9 Å². The number of nitrogens with one attached hydrogen (secondary N) is 1. The molecule has 1 amide bonds. The lowest BCUT2D eigenvalue weighted by Crippen LogP contribution is -2.18. The van der Waals surface area contributed by atoms with Crippen molar-refractivity contribution in [2.24, 2.45) is 0 Å². The number of nitrogens with two attached hydrogens (primary N) is 1. The van der Waals surface area contributed by atoms with Crippen molar-refractivity contribution in [2.45, 2.75) is 18.7 Å². The summed E-state index contributed by atoms with van der Waals surface area (Å²) < 4.78 is 25.5. The molecule has 0 fully saturated rings. The van der Waals surface area contributed by atoms with Crippen LogP contribution in [0.3, 0.4) is 0 Å². The summed E-state index contributed by atoms with van der Waals surface area (Å²) in [5.74, 6) is 6.27. The van der Waals surface area contributed by atoms with E-state index in [0.717, 1.165) is 17.3 Å². The van der Waals surface area contributed by atoms with Crippen LogP contribution >= 0.6 is 11.8 Å². The number of nitrogen functional groups attached to an aromatic ring is 1. The Labute approximate surface area is 171 Å². The first-order chi connectivity index (χ1) is 14.0. The van der Waals surface area contributed by atoms with E-state index in [1.807, 2.05) is 19.1 Å². The Hall–Kier alpha value is -3.27. The van der Waals surface area contributed by atoms with E-state index >= 15 is 0 Å². The van der Waals surface area contributed by atoms with Gasteiger partial charge in [-0.15, -0.1) is 10.2 Å². The van der Waals surface area contributed by atoms with Gasteiger partial charge in [0.2, 0.25) is 11.1 Å². The fourth-order valence-corrected chi connectivity index (χ4v) is 3.12. The Morgan fingerprint density at radius 1 is 1.24 bits per heavy atom. The molecule has 0 aliphatic rings. The minimum absolute atomic E-state index is 0.0579. The number of benzene rings is 2. The van der Waals surface area contributed by atoms with Crippen LogP contribution in [0.2, 0.25) is 0 Å². The number of nitrogens with zero attached hydrogens (tertiary/aromatic N) is 3. The van der Waals surface area contributed by atoms with E-state index in [1.54, 1.807) is 18.2 Å². The maximum Gasteiger partial charge on any atom is 0.234 e. The molecule has 3 rings (SSSR count). The monoisotopic (exact) mass is 417 g/mol. The van der Waals surface area contributed by atoms with E-state index in [4.69, 9.17) is 15.3 Å². The zero-order valence-electron chi connectivity index (χ0n) is 15.9. The van der Waals surface area contributed by atoms with Crippen molar-refractivity contribution >= 4 is 23.4 Å². The highest BCUT2D eigenvalue weighted by Gasteiger charge is 2.14. The number of aryl methyl sites for hydroxylation is 1. The Morgan fingerprint density at radius 3 is 2.79 bits per heavy atom. The van der Waals surface area contributed by atoms with Gasteiger partial charge in [0.05, 0.1) is 18.6 Å². The fraction of sp³-hybridized carbons (Fsp3) is 0.211. The van der Waals surface area contributed by atoms with Gasteiger partial charge in [0.15, 0.2) is 17.4 Å². The van der Waals surface area contributed by atoms with Crippen LogP contribution in [-0.4, -0.2) is 33.6 Å². The first kappa shape index (κ1) is 20.5. The minimum atomic E-state index is -0.478. The molecule has 0 unspecified atom stereocenters. The van der Waals surface area contributed by atoms with Crippen LogP contribution in [0.5, 0.6) is 11.5 Å². The molecule has 8 nitrogen and oxygen atoms in total. The third-order valence-electron chi connectivity index (χ3n) is 3.89. The molecular formula is C19H20FN5O3S. The van der Waals surface area contributed by atoms with Gasteiger partial charge in [-0.25, -0.2) is 9.07 Å². The van der Waals surface area contributed by atoms with Crippen LogP contribution in [0, 0.1) is 12.7 Å². The van der Waals surface area contributed by atoms with Gasteiger partial charge >= 0.3 is 0 Å². The van der Waals surface area contributed by atoms with Crippen LogP contribution in [0.25, 0.3) is 0 Å². The summed E-state index contributed by atoms with van der Waals surface area (Å²) in [6.45, 7) is 1.86. The molecular weight excluding hydrogens is 397 g/mol. The molecule has 10 heteroatoms. The Kier molecular flexibility index (Phi) is 6.55.